The van der Waals surface area contributed by atoms with Gasteiger partial charge >= 0.3 is 0 Å². The van der Waals surface area contributed by atoms with Crippen LogP contribution in [0.5, 0.6) is 0 Å². The number of hydrogen-bond donors (Lipinski definition) is 1. The van der Waals surface area contributed by atoms with Crippen molar-refractivity contribution in [3.63, 3.8) is 0 Å². The van der Waals surface area contributed by atoms with E-state index >= 15 is 0 Å². The Morgan fingerprint density at radius 2 is 2.54 bits per heavy atom. The number of terminal acetylenes is 1. The fourth-order valence-corrected chi connectivity index (χ4v) is 0.987. The van der Waals surface area contributed by atoms with Crippen molar-refractivity contribution >= 4 is 17.4 Å². The molecule has 0 spiro atoms. The second kappa shape index (κ2) is 3.97. The maximum absolute atomic E-state index is 11.1. The molecular formula is C8H8ClN3O. The zero-order valence-corrected chi connectivity index (χ0v) is 7.80. The van der Waals surface area contributed by atoms with Gasteiger partial charge in [0.2, 0.25) is 5.43 Å². The van der Waals surface area contributed by atoms with Crippen molar-refractivity contribution in [2.24, 2.45) is 7.05 Å². The molecule has 1 rings (SSSR count). The molecule has 0 aromatic carbocycles. The Balaban J connectivity index is 3.03. The molecule has 0 radical (unpaired) electrons. The monoisotopic (exact) mass is 197 g/mol. The molecular weight excluding hydrogens is 190 g/mol. The van der Waals surface area contributed by atoms with Crippen LogP contribution in [-0.2, 0) is 7.05 Å². The van der Waals surface area contributed by atoms with Gasteiger partial charge in [0.05, 0.1) is 6.54 Å². The van der Waals surface area contributed by atoms with E-state index in [-0.39, 0.29) is 10.6 Å². The number of aromatic nitrogens is 2. The Morgan fingerprint density at radius 1 is 1.85 bits per heavy atom. The lowest BCUT2D eigenvalue weighted by Crippen LogP contribution is -2.15. The Kier molecular flexibility index (Phi) is 2.93. The first-order chi connectivity index (χ1) is 6.15. The second-order valence-corrected chi connectivity index (χ2v) is 2.72. The molecule has 0 aliphatic rings. The molecule has 0 unspecified atom stereocenters. The zero-order valence-electron chi connectivity index (χ0n) is 7.04. The third-order valence-corrected chi connectivity index (χ3v) is 1.69. The average Bonchev–Trinajstić information content (AvgIpc) is 2.09. The van der Waals surface area contributed by atoms with Crippen molar-refractivity contribution in [1.82, 2.24) is 9.78 Å². The third-order valence-electron chi connectivity index (χ3n) is 1.43. The molecule has 0 saturated carbocycles. The first-order valence-electron chi connectivity index (χ1n) is 3.56. The molecule has 68 valence electrons. The van der Waals surface area contributed by atoms with Gasteiger partial charge in [-0.3, -0.25) is 9.48 Å². The molecule has 0 aliphatic carbocycles. The first-order valence-corrected chi connectivity index (χ1v) is 3.94. The lowest BCUT2D eigenvalue weighted by atomic mass is 10.5. The molecule has 4 nitrogen and oxygen atoms in total. The van der Waals surface area contributed by atoms with Crippen LogP contribution in [0, 0.1) is 12.3 Å². The first kappa shape index (κ1) is 9.62. The highest BCUT2D eigenvalue weighted by Crippen LogP contribution is 2.02. The van der Waals surface area contributed by atoms with Crippen molar-refractivity contribution in [3.05, 3.63) is 21.4 Å². The van der Waals surface area contributed by atoms with Gasteiger partial charge in [0.1, 0.15) is 5.82 Å². The van der Waals surface area contributed by atoms with E-state index in [0.717, 1.165) is 0 Å². The zero-order chi connectivity index (χ0) is 9.84. The summed E-state index contributed by atoms with van der Waals surface area (Å²) in [6.07, 6.45) is 5.05. The fourth-order valence-electron chi connectivity index (χ4n) is 0.819. The number of nitrogens with zero attached hydrogens (tertiary/aromatic N) is 2. The van der Waals surface area contributed by atoms with Crippen molar-refractivity contribution < 1.29 is 0 Å². The smallest absolute Gasteiger partial charge is 0.221 e. The van der Waals surface area contributed by atoms with Crippen LogP contribution in [0.25, 0.3) is 0 Å². The molecule has 1 N–H and O–H groups in total. The molecule has 1 aromatic heterocycles. The van der Waals surface area contributed by atoms with Crippen LogP contribution in [0.15, 0.2) is 10.9 Å². The number of hydrogen-bond acceptors (Lipinski definition) is 3. The van der Waals surface area contributed by atoms with Gasteiger partial charge in [-0.1, -0.05) is 17.5 Å². The second-order valence-electron chi connectivity index (χ2n) is 2.37. The van der Waals surface area contributed by atoms with E-state index in [1.165, 1.54) is 10.7 Å². The van der Waals surface area contributed by atoms with Crippen LogP contribution >= 0.6 is 11.6 Å². The Hall–Kier alpha value is -1.47. The summed E-state index contributed by atoms with van der Waals surface area (Å²) in [6.45, 7) is 0.344. The van der Waals surface area contributed by atoms with E-state index < -0.39 is 0 Å². The van der Waals surface area contributed by atoms with Crippen LogP contribution in [0.4, 0.5) is 5.82 Å². The van der Waals surface area contributed by atoms with Gasteiger partial charge in [0, 0.05) is 13.1 Å². The van der Waals surface area contributed by atoms with E-state index in [2.05, 4.69) is 16.3 Å². The maximum atomic E-state index is 11.1. The van der Waals surface area contributed by atoms with Crippen LogP contribution < -0.4 is 10.7 Å². The highest BCUT2D eigenvalue weighted by Gasteiger charge is 2.01. The lowest BCUT2D eigenvalue weighted by Gasteiger charge is -2.07. The van der Waals surface area contributed by atoms with Crippen LogP contribution in [0.3, 0.4) is 0 Å². The van der Waals surface area contributed by atoms with Crippen LogP contribution in [0.2, 0.25) is 5.15 Å². The number of nitrogens with one attached hydrogen (secondary N) is 1. The number of halogens is 1. The molecule has 1 aromatic rings. The maximum Gasteiger partial charge on any atom is 0.221 e. The number of rotatable bonds is 2. The fraction of sp³-hybridized carbons (Fsp3) is 0.250. The molecule has 0 aliphatic heterocycles. The van der Waals surface area contributed by atoms with E-state index in [1.807, 2.05) is 0 Å². The summed E-state index contributed by atoms with van der Waals surface area (Å²) in [5, 5.41) is 6.55. The minimum atomic E-state index is -0.320. The number of aryl methyl sites for hydroxylation is 1. The molecule has 0 saturated heterocycles. The van der Waals surface area contributed by atoms with E-state index in [0.29, 0.717) is 12.4 Å². The highest BCUT2D eigenvalue weighted by atomic mass is 35.5. The van der Waals surface area contributed by atoms with E-state index in [1.54, 1.807) is 7.05 Å². The van der Waals surface area contributed by atoms with Gasteiger partial charge in [-0.15, -0.1) is 6.42 Å². The standard InChI is InChI=1S/C8H8ClN3O/c1-3-4-10-7-5-6(13)8(9)11-12(7)2/h1,5,10H,4H2,2H3. The summed E-state index contributed by atoms with van der Waals surface area (Å²) in [7, 11) is 1.67. The quantitative estimate of drug-likeness (QED) is 0.702. The van der Waals surface area contributed by atoms with Crippen molar-refractivity contribution in [1.29, 1.82) is 0 Å². The average molecular weight is 198 g/mol. The van der Waals surface area contributed by atoms with Gasteiger partial charge in [-0.05, 0) is 0 Å². The van der Waals surface area contributed by atoms with Gasteiger partial charge < -0.3 is 5.32 Å². The van der Waals surface area contributed by atoms with Crippen LogP contribution in [-0.4, -0.2) is 16.3 Å². The Bertz CT molecular complexity index is 405. The number of anilines is 1. The van der Waals surface area contributed by atoms with Gasteiger partial charge in [-0.25, -0.2) is 0 Å². The minimum Gasteiger partial charge on any atom is -0.359 e. The van der Waals surface area contributed by atoms with E-state index in [9.17, 15) is 4.79 Å². The van der Waals surface area contributed by atoms with Crippen LogP contribution in [0.1, 0.15) is 0 Å². The summed E-state index contributed by atoms with van der Waals surface area (Å²) < 4.78 is 1.46. The predicted octanol–water partition coefficient (Wildman–Crippen LogP) is 0.479. The van der Waals surface area contributed by atoms with Gasteiger partial charge in [0.25, 0.3) is 0 Å². The van der Waals surface area contributed by atoms with Gasteiger partial charge in [-0.2, -0.15) is 5.10 Å². The topological polar surface area (TPSA) is 46.9 Å². The predicted molar refractivity (Wildman–Crippen MR) is 51.8 cm³/mol. The molecule has 0 atom stereocenters. The largest absolute Gasteiger partial charge is 0.359 e. The van der Waals surface area contributed by atoms with Gasteiger partial charge in [0.15, 0.2) is 5.15 Å². The van der Waals surface area contributed by atoms with Crippen molar-refractivity contribution in [2.45, 2.75) is 0 Å². The lowest BCUT2D eigenvalue weighted by molar-refractivity contribution is 0.742. The molecule has 0 amide bonds. The molecule has 13 heavy (non-hydrogen) atoms. The summed E-state index contributed by atoms with van der Waals surface area (Å²) >= 11 is 5.51. The molecule has 1 heterocycles. The summed E-state index contributed by atoms with van der Waals surface area (Å²) in [5.74, 6) is 2.94. The summed E-state index contributed by atoms with van der Waals surface area (Å²) in [6, 6.07) is 1.35. The SMILES string of the molecule is C#CCNc1cc(=O)c(Cl)nn1C. The minimum absolute atomic E-state index is 0.0474. The molecule has 0 fully saturated rings. The highest BCUT2D eigenvalue weighted by molar-refractivity contribution is 6.29. The van der Waals surface area contributed by atoms with Crippen molar-refractivity contribution in [3.8, 4) is 12.3 Å². The summed E-state index contributed by atoms with van der Waals surface area (Å²) in [4.78, 5) is 11.1. The Labute approximate surface area is 80.5 Å². The summed E-state index contributed by atoms with van der Waals surface area (Å²) in [5.41, 5.74) is -0.320. The third kappa shape index (κ3) is 2.23. The molecule has 0 bridgehead atoms. The Morgan fingerprint density at radius 3 is 3.15 bits per heavy atom. The normalized spacial score (nSPS) is 9.31. The molecule has 5 heteroatoms. The van der Waals surface area contributed by atoms with E-state index in [4.69, 9.17) is 18.0 Å². The van der Waals surface area contributed by atoms with Crippen molar-refractivity contribution in [2.75, 3.05) is 11.9 Å².